The second-order valence-corrected chi connectivity index (χ2v) is 4.92. The van der Waals surface area contributed by atoms with Crippen molar-refractivity contribution >= 4 is 17.6 Å². The Morgan fingerprint density at radius 2 is 2.05 bits per heavy atom. The molecule has 0 saturated heterocycles. The van der Waals surface area contributed by atoms with Crippen LogP contribution in [0.1, 0.15) is 28.3 Å². The van der Waals surface area contributed by atoms with E-state index in [-0.39, 0.29) is 17.4 Å². The van der Waals surface area contributed by atoms with E-state index >= 15 is 0 Å². The molecule has 1 aliphatic heterocycles. The molecule has 0 bridgehead atoms. The fraction of sp³-hybridized carbons (Fsp3) is 0.286. The third-order valence-corrected chi connectivity index (χ3v) is 3.88. The Morgan fingerprint density at radius 1 is 1.26 bits per heavy atom. The number of aliphatic carboxylic acids is 1. The van der Waals surface area contributed by atoms with E-state index in [0.29, 0.717) is 12.1 Å². The van der Waals surface area contributed by atoms with Crippen LogP contribution in [-0.4, -0.2) is 28.2 Å². The number of allylic oxidation sites excluding steroid dienone is 2. The highest BCUT2D eigenvalue weighted by atomic mass is 16.4. The Kier molecular flexibility index (Phi) is 2.55. The van der Waals surface area contributed by atoms with Gasteiger partial charge >= 0.3 is 11.9 Å². The van der Waals surface area contributed by atoms with Crippen molar-refractivity contribution in [3.05, 3.63) is 41.5 Å². The molecular formula is C14H13NO4. The third-order valence-electron chi connectivity index (χ3n) is 3.88. The van der Waals surface area contributed by atoms with Gasteiger partial charge in [-0.15, -0.1) is 0 Å². The van der Waals surface area contributed by atoms with Gasteiger partial charge in [0, 0.05) is 17.5 Å². The van der Waals surface area contributed by atoms with Crippen LogP contribution >= 0.6 is 0 Å². The van der Waals surface area contributed by atoms with Crippen molar-refractivity contribution in [3.8, 4) is 0 Å². The average Bonchev–Trinajstić information content (AvgIpc) is 2.86. The van der Waals surface area contributed by atoms with Crippen molar-refractivity contribution in [1.82, 2.24) is 0 Å². The number of aromatic carboxylic acids is 1. The summed E-state index contributed by atoms with van der Waals surface area (Å²) in [6.07, 6.45) is 4.65. The Morgan fingerprint density at radius 3 is 2.74 bits per heavy atom. The van der Waals surface area contributed by atoms with Gasteiger partial charge in [-0.25, -0.2) is 9.59 Å². The van der Waals surface area contributed by atoms with Crippen molar-refractivity contribution in [2.45, 2.75) is 18.4 Å². The average molecular weight is 259 g/mol. The summed E-state index contributed by atoms with van der Waals surface area (Å²) >= 11 is 0. The van der Waals surface area contributed by atoms with Crippen LogP contribution in [0.5, 0.6) is 0 Å². The molecule has 5 nitrogen and oxygen atoms in total. The summed E-state index contributed by atoms with van der Waals surface area (Å²) in [5.41, 5.74) is 1.81. The first-order valence-corrected chi connectivity index (χ1v) is 6.11. The van der Waals surface area contributed by atoms with Crippen molar-refractivity contribution in [2.24, 2.45) is 5.92 Å². The van der Waals surface area contributed by atoms with E-state index in [9.17, 15) is 14.7 Å². The van der Waals surface area contributed by atoms with Crippen LogP contribution in [0.25, 0.3) is 0 Å². The lowest BCUT2D eigenvalue weighted by molar-refractivity contribution is -0.139. The summed E-state index contributed by atoms with van der Waals surface area (Å²) in [4.78, 5) is 22.3. The molecule has 98 valence electrons. The number of carbonyl (C=O) groups is 2. The molecule has 1 aromatic carbocycles. The minimum Gasteiger partial charge on any atom is -0.480 e. The first kappa shape index (κ1) is 11.8. The Bertz CT molecular complexity index is 593. The van der Waals surface area contributed by atoms with Crippen LogP contribution in [0, 0.1) is 5.92 Å². The summed E-state index contributed by atoms with van der Waals surface area (Å²) in [7, 11) is 0. The summed E-state index contributed by atoms with van der Waals surface area (Å²) in [5.74, 6) is -1.90. The van der Waals surface area contributed by atoms with Crippen LogP contribution in [0.2, 0.25) is 0 Å². The second-order valence-electron chi connectivity index (χ2n) is 4.92. The Labute approximate surface area is 109 Å². The second kappa shape index (κ2) is 4.12. The molecule has 19 heavy (non-hydrogen) atoms. The molecule has 0 radical (unpaired) electrons. The van der Waals surface area contributed by atoms with Crippen LogP contribution in [-0.2, 0) is 4.79 Å². The quantitative estimate of drug-likeness (QED) is 0.706. The summed E-state index contributed by atoms with van der Waals surface area (Å²) in [6, 6.07) is 4.15. The highest BCUT2D eigenvalue weighted by Gasteiger charge is 2.40. The monoisotopic (exact) mass is 259 g/mol. The minimum atomic E-state index is -0.971. The molecule has 0 spiro atoms. The van der Waals surface area contributed by atoms with Gasteiger partial charge in [0.2, 0.25) is 0 Å². The molecule has 1 aromatic rings. The zero-order valence-electron chi connectivity index (χ0n) is 10.0. The number of carboxylic acids is 2. The molecule has 1 heterocycles. The van der Waals surface area contributed by atoms with Crippen molar-refractivity contribution < 1.29 is 19.8 Å². The molecule has 2 aliphatic rings. The van der Waals surface area contributed by atoms with Gasteiger partial charge in [-0.1, -0.05) is 12.2 Å². The van der Waals surface area contributed by atoms with Gasteiger partial charge in [-0.3, -0.25) is 0 Å². The topological polar surface area (TPSA) is 86.6 Å². The van der Waals surface area contributed by atoms with Gasteiger partial charge in [0.15, 0.2) is 0 Å². The van der Waals surface area contributed by atoms with E-state index in [2.05, 4.69) is 5.32 Å². The number of hydrogen-bond acceptors (Lipinski definition) is 3. The van der Waals surface area contributed by atoms with Crippen molar-refractivity contribution in [2.75, 3.05) is 5.32 Å². The highest BCUT2D eigenvalue weighted by Crippen LogP contribution is 2.44. The summed E-state index contributed by atoms with van der Waals surface area (Å²) in [5, 5.41) is 21.3. The maximum Gasteiger partial charge on any atom is 0.335 e. The van der Waals surface area contributed by atoms with Crippen molar-refractivity contribution in [3.63, 3.8) is 0 Å². The fourth-order valence-corrected chi connectivity index (χ4v) is 2.97. The molecule has 0 saturated carbocycles. The maximum atomic E-state index is 11.3. The molecule has 1 aliphatic carbocycles. The molecule has 3 rings (SSSR count). The van der Waals surface area contributed by atoms with Gasteiger partial charge in [-0.2, -0.15) is 0 Å². The highest BCUT2D eigenvalue weighted by molar-refractivity contribution is 5.89. The van der Waals surface area contributed by atoms with Gasteiger partial charge < -0.3 is 15.5 Å². The molecule has 5 heteroatoms. The number of fused-ring (bicyclic) bond motifs is 3. The smallest absolute Gasteiger partial charge is 0.335 e. The number of carboxylic acid groups (broad SMARTS) is 2. The van der Waals surface area contributed by atoms with E-state index < -0.39 is 18.0 Å². The van der Waals surface area contributed by atoms with Crippen LogP contribution in [0.4, 0.5) is 5.69 Å². The number of rotatable bonds is 2. The molecule has 0 aromatic heterocycles. The van der Waals surface area contributed by atoms with Gasteiger partial charge in [0.25, 0.3) is 0 Å². The van der Waals surface area contributed by atoms with E-state index in [1.54, 1.807) is 12.1 Å². The van der Waals surface area contributed by atoms with Gasteiger partial charge in [-0.05, 0) is 30.2 Å². The normalized spacial score (nSPS) is 27.3. The van der Waals surface area contributed by atoms with E-state index in [1.807, 2.05) is 12.2 Å². The first-order chi connectivity index (χ1) is 9.08. The molecule has 0 unspecified atom stereocenters. The summed E-state index contributed by atoms with van der Waals surface area (Å²) < 4.78 is 0. The zero-order valence-corrected chi connectivity index (χ0v) is 10.0. The van der Waals surface area contributed by atoms with Gasteiger partial charge in [0.1, 0.15) is 6.04 Å². The number of hydrogen-bond donors (Lipinski definition) is 3. The molecule has 3 N–H and O–H groups in total. The largest absolute Gasteiger partial charge is 0.480 e. The fourth-order valence-electron chi connectivity index (χ4n) is 2.97. The minimum absolute atomic E-state index is 0.0170. The maximum absolute atomic E-state index is 11.3. The van der Waals surface area contributed by atoms with Crippen LogP contribution in [0.15, 0.2) is 30.4 Å². The molecule has 0 fully saturated rings. The zero-order chi connectivity index (χ0) is 13.6. The molecular weight excluding hydrogens is 246 g/mol. The molecule has 0 amide bonds. The third kappa shape index (κ3) is 1.78. The SMILES string of the molecule is O=C(O)c1ccc2c(c1)[C@@H]1C=CC[C@@H]1[C@H](C(=O)O)N2. The lowest BCUT2D eigenvalue weighted by Crippen LogP contribution is -2.41. The van der Waals surface area contributed by atoms with E-state index in [1.165, 1.54) is 6.07 Å². The standard InChI is InChI=1S/C14H13NO4/c16-13(17)7-4-5-11-10(6-7)8-2-1-3-9(8)12(15-11)14(18)19/h1-2,4-6,8-9,12,15H,3H2,(H,16,17)(H,18,19)/t8-,9+,12-/m1/s1. The lowest BCUT2D eigenvalue weighted by Gasteiger charge is -2.34. The number of nitrogens with one attached hydrogen (secondary N) is 1. The lowest BCUT2D eigenvalue weighted by atomic mass is 9.79. The van der Waals surface area contributed by atoms with Crippen LogP contribution < -0.4 is 5.32 Å². The van der Waals surface area contributed by atoms with Gasteiger partial charge in [0.05, 0.1) is 5.56 Å². The predicted molar refractivity (Wildman–Crippen MR) is 68.4 cm³/mol. The summed E-state index contributed by atoms with van der Waals surface area (Å²) in [6.45, 7) is 0. The van der Waals surface area contributed by atoms with Crippen LogP contribution in [0.3, 0.4) is 0 Å². The number of benzene rings is 1. The van der Waals surface area contributed by atoms with Crippen molar-refractivity contribution in [1.29, 1.82) is 0 Å². The van der Waals surface area contributed by atoms with E-state index in [0.717, 1.165) is 5.56 Å². The molecule has 3 atom stereocenters. The predicted octanol–water partition coefficient (Wildman–Crippen LogP) is 1.92. The Hall–Kier alpha value is -2.30. The number of anilines is 1. The first-order valence-electron chi connectivity index (χ1n) is 6.11. The Balaban J connectivity index is 2.08. The van der Waals surface area contributed by atoms with E-state index in [4.69, 9.17) is 5.11 Å².